The van der Waals surface area contributed by atoms with Crippen LogP contribution in [-0.2, 0) is 15.9 Å². The highest BCUT2D eigenvalue weighted by atomic mass is 32.2. The largest absolute Gasteiger partial charge is 0.499 e. The first-order valence-corrected chi connectivity index (χ1v) is 9.97. The molecule has 0 radical (unpaired) electrons. The van der Waals surface area contributed by atoms with Crippen LogP contribution in [0.5, 0.6) is 0 Å². The van der Waals surface area contributed by atoms with Gasteiger partial charge in [-0.3, -0.25) is 9.89 Å². The minimum absolute atomic E-state index is 0.0786. The number of carbonyl (C=O) groups is 1. The van der Waals surface area contributed by atoms with Crippen molar-refractivity contribution < 1.29 is 18.7 Å². The number of Topliss-reactive ketones (excluding diaryl/α,β-unsaturated/α-hetero) is 1. The SMILES string of the molecule is C=COCCOCC(=O)c1ccc2[nH]ncc2c1Cc1ccc(SC)cc1F. The zero-order chi connectivity index (χ0) is 19.9. The van der Waals surface area contributed by atoms with Crippen molar-refractivity contribution in [2.45, 2.75) is 11.3 Å². The molecule has 0 saturated heterocycles. The maximum absolute atomic E-state index is 14.5. The maximum Gasteiger partial charge on any atom is 0.188 e. The Morgan fingerprint density at radius 1 is 1.32 bits per heavy atom. The van der Waals surface area contributed by atoms with E-state index >= 15 is 0 Å². The molecule has 3 rings (SSSR count). The molecule has 0 spiro atoms. The molecule has 0 fully saturated rings. The number of hydrogen-bond acceptors (Lipinski definition) is 5. The van der Waals surface area contributed by atoms with E-state index in [1.807, 2.05) is 12.3 Å². The summed E-state index contributed by atoms with van der Waals surface area (Å²) in [4.78, 5) is 13.6. The molecule has 3 aromatic rings. The van der Waals surface area contributed by atoms with Crippen molar-refractivity contribution in [3.63, 3.8) is 0 Å². The van der Waals surface area contributed by atoms with Gasteiger partial charge in [-0.25, -0.2) is 4.39 Å². The van der Waals surface area contributed by atoms with Gasteiger partial charge < -0.3 is 9.47 Å². The minimum atomic E-state index is -0.288. The summed E-state index contributed by atoms with van der Waals surface area (Å²) < 4.78 is 24.9. The van der Waals surface area contributed by atoms with Gasteiger partial charge in [-0.15, -0.1) is 11.8 Å². The number of ether oxygens (including phenoxy) is 2. The average Bonchev–Trinajstić information content (AvgIpc) is 3.18. The third kappa shape index (κ3) is 4.61. The standard InChI is InChI=1S/C21H21FN2O3S/c1-3-26-8-9-27-13-21(25)16-6-7-20-18(12-23-24-20)17(16)10-14-4-5-15(28-2)11-19(14)22/h3-7,11-12H,1,8-10,13H2,2H3,(H,23,24). The zero-order valence-corrected chi connectivity index (χ0v) is 16.4. The van der Waals surface area contributed by atoms with Crippen LogP contribution < -0.4 is 0 Å². The first-order chi connectivity index (χ1) is 13.6. The van der Waals surface area contributed by atoms with E-state index in [0.717, 1.165) is 21.4 Å². The molecule has 0 aliphatic heterocycles. The molecule has 1 aromatic heterocycles. The quantitative estimate of drug-likeness (QED) is 0.237. The Morgan fingerprint density at radius 2 is 2.18 bits per heavy atom. The Labute approximate surface area is 166 Å². The lowest BCUT2D eigenvalue weighted by Crippen LogP contribution is -2.14. The molecular weight excluding hydrogens is 379 g/mol. The van der Waals surface area contributed by atoms with E-state index in [9.17, 15) is 9.18 Å². The monoisotopic (exact) mass is 400 g/mol. The van der Waals surface area contributed by atoms with Crippen molar-refractivity contribution in [3.05, 3.63) is 71.9 Å². The highest BCUT2D eigenvalue weighted by Crippen LogP contribution is 2.27. The topological polar surface area (TPSA) is 64.2 Å². The van der Waals surface area contributed by atoms with Crippen LogP contribution in [-0.4, -0.2) is 42.1 Å². The van der Waals surface area contributed by atoms with Crippen molar-refractivity contribution in [2.75, 3.05) is 26.1 Å². The van der Waals surface area contributed by atoms with Gasteiger partial charge in [0.2, 0.25) is 0 Å². The number of halogens is 1. The highest BCUT2D eigenvalue weighted by molar-refractivity contribution is 7.98. The van der Waals surface area contributed by atoms with E-state index in [2.05, 4.69) is 16.8 Å². The van der Waals surface area contributed by atoms with E-state index in [-0.39, 0.29) is 31.2 Å². The number of rotatable bonds is 10. The van der Waals surface area contributed by atoms with Crippen molar-refractivity contribution >= 4 is 28.4 Å². The molecule has 0 bridgehead atoms. The van der Waals surface area contributed by atoms with E-state index < -0.39 is 0 Å². The first kappa shape index (κ1) is 20.1. The predicted molar refractivity (Wildman–Crippen MR) is 108 cm³/mol. The molecule has 0 aliphatic rings. The Bertz CT molecular complexity index is 987. The van der Waals surface area contributed by atoms with Crippen LogP contribution in [0.4, 0.5) is 4.39 Å². The molecule has 2 aromatic carbocycles. The van der Waals surface area contributed by atoms with E-state index in [1.165, 1.54) is 24.1 Å². The number of fused-ring (bicyclic) bond motifs is 1. The predicted octanol–water partition coefficient (Wildman–Crippen LogP) is 4.37. The molecule has 7 heteroatoms. The van der Waals surface area contributed by atoms with Crippen molar-refractivity contribution in [3.8, 4) is 0 Å². The van der Waals surface area contributed by atoms with Gasteiger partial charge in [0.05, 0.1) is 24.6 Å². The highest BCUT2D eigenvalue weighted by Gasteiger charge is 2.17. The summed E-state index contributed by atoms with van der Waals surface area (Å²) in [5.74, 6) is -0.457. The van der Waals surface area contributed by atoms with Gasteiger partial charge in [0.25, 0.3) is 0 Å². The van der Waals surface area contributed by atoms with Gasteiger partial charge in [0, 0.05) is 22.3 Å². The number of ketones is 1. The zero-order valence-electron chi connectivity index (χ0n) is 15.5. The third-order valence-corrected chi connectivity index (χ3v) is 5.09. The number of carbonyl (C=O) groups excluding carboxylic acids is 1. The summed E-state index contributed by atoms with van der Waals surface area (Å²) in [5, 5.41) is 7.75. The Morgan fingerprint density at radius 3 is 2.93 bits per heavy atom. The Kier molecular flexibility index (Phi) is 6.84. The van der Waals surface area contributed by atoms with Crippen LogP contribution in [0.1, 0.15) is 21.5 Å². The minimum Gasteiger partial charge on any atom is -0.499 e. The molecule has 0 atom stereocenters. The Hall–Kier alpha value is -2.64. The number of thioether (sulfide) groups is 1. The van der Waals surface area contributed by atoms with Crippen LogP contribution >= 0.6 is 11.8 Å². The van der Waals surface area contributed by atoms with Crippen molar-refractivity contribution in [1.29, 1.82) is 0 Å². The van der Waals surface area contributed by atoms with Crippen LogP contribution in [0.25, 0.3) is 10.9 Å². The second-order valence-corrected chi connectivity index (χ2v) is 6.95. The molecule has 1 N–H and O–H groups in total. The van der Waals surface area contributed by atoms with Crippen LogP contribution in [0.2, 0.25) is 0 Å². The molecular formula is C21H21FN2O3S. The lowest BCUT2D eigenvalue weighted by Gasteiger charge is -2.12. The number of benzene rings is 2. The van der Waals surface area contributed by atoms with E-state index in [0.29, 0.717) is 17.7 Å². The molecule has 0 amide bonds. The van der Waals surface area contributed by atoms with Crippen molar-refractivity contribution in [2.24, 2.45) is 0 Å². The lowest BCUT2D eigenvalue weighted by atomic mass is 9.94. The smallest absolute Gasteiger partial charge is 0.188 e. The molecule has 5 nitrogen and oxygen atoms in total. The summed E-state index contributed by atoms with van der Waals surface area (Å²) in [7, 11) is 0. The summed E-state index contributed by atoms with van der Waals surface area (Å²) in [6, 6.07) is 8.68. The third-order valence-electron chi connectivity index (χ3n) is 4.36. The fourth-order valence-corrected chi connectivity index (χ4v) is 3.37. The average molecular weight is 400 g/mol. The summed E-state index contributed by atoms with van der Waals surface area (Å²) >= 11 is 1.48. The normalized spacial score (nSPS) is 10.9. The van der Waals surface area contributed by atoms with Crippen LogP contribution in [0, 0.1) is 5.82 Å². The van der Waals surface area contributed by atoms with Gasteiger partial charge in [0.15, 0.2) is 5.78 Å². The summed E-state index contributed by atoms with van der Waals surface area (Å²) in [6.45, 7) is 3.98. The van der Waals surface area contributed by atoms with Gasteiger partial charge >= 0.3 is 0 Å². The second-order valence-electron chi connectivity index (χ2n) is 6.07. The molecule has 1 heterocycles. The maximum atomic E-state index is 14.5. The molecule has 0 unspecified atom stereocenters. The molecule has 0 aliphatic carbocycles. The molecule has 0 saturated carbocycles. The van der Waals surface area contributed by atoms with E-state index in [4.69, 9.17) is 9.47 Å². The fourth-order valence-electron chi connectivity index (χ4n) is 2.95. The molecule has 28 heavy (non-hydrogen) atoms. The van der Waals surface area contributed by atoms with Crippen LogP contribution in [0.15, 0.2) is 54.3 Å². The van der Waals surface area contributed by atoms with Crippen LogP contribution in [0.3, 0.4) is 0 Å². The number of aromatic nitrogens is 2. The number of nitrogens with zero attached hydrogens (tertiary/aromatic N) is 1. The summed E-state index contributed by atoms with van der Waals surface area (Å²) in [5.41, 5.74) is 2.57. The van der Waals surface area contributed by atoms with Gasteiger partial charge in [-0.2, -0.15) is 5.10 Å². The summed E-state index contributed by atoms with van der Waals surface area (Å²) in [6.07, 6.45) is 5.18. The van der Waals surface area contributed by atoms with Gasteiger partial charge in [-0.05, 0) is 41.6 Å². The number of hydrogen-bond donors (Lipinski definition) is 1. The Balaban J connectivity index is 1.87. The number of H-pyrrole nitrogens is 1. The lowest BCUT2D eigenvalue weighted by molar-refractivity contribution is 0.0638. The number of aromatic amines is 1. The molecule has 146 valence electrons. The van der Waals surface area contributed by atoms with E-state index in [1.54, 1.807) is 24.4 Å². The first-order valence-electron chi connectivity index (χ1n) is 8.75. The second kappa shape index (κ2) is 9.52. The van der Waals surface area contributed by atoms with Gasteiger partial charge in [-0.1, -0.05) is 12.6 Å². The van der Waals surface area contributed by atoms with Crippen molar-refractivity contribution in [1.82, 2.24) is 10.2 Å². The number of nitrogens with one attached hydrogen (secondary N) is 1. The van der Waals surface area contributed by atoms with Gasteiger partial charge in [0.1, 0.15) is 19.0 Å². The fraction of sp³-hybridized carbons (Fsp3) is 0.238.